The van der Waals surface area contributed by atoms with E-state index in [9.17, 15) is 4.79 Å². The molecule has 1 heterocycles. The molecule has 5 nitrogen and oxygen atoms in total. The van der Waals surface area contributed by atoms with Crippen LogP contribution in [0.3, 0.4) is 0 Å². The molecule has 1 aromatic rings. The minimum atomic E-state index is -0.216. The normalized spacial score (nSPS) is 12.6. The van der Waals surface area contributed by atoms with Crippen LogP contribution in [0.1, 0.15) is 35.7 Å². The SMILES string of the molecule is CCc1noc(C)c1C(=O)N(C)C(C)CO. The molecule has 0 saturated carbocycles. The first-order valence-corrected chi connectivity index (χ1v) is 5.36. The van der Waals surface area contributed by atoms with Gasteiger partial charge in [-0.2, -0.15) is 0 Å². The quantitative estimate of drug-likeness (QED) is 0.831. The van der Waals surface area contributed by atoms with Gasteiger partial charge in [-0.3, -0.25) is 4.79 Å². The Hall–Kier alpha value is -1.36. The maximum atomic E-state index is 12.1. The van der Waals surface area contributed by atoms with Crippen molar-refractivity contribution in [3.63, 3.8) is 0 Å². The largest absolute Gasteiger partial charge is 0.394 e. The Labute approximate surface area is 95.0 Å². The van der Waals surface area contributed by atoms with Crippen molar-refractivity contribution in [3.05, 3.63) is 17.0 Å². The van der Waals surface area contributed by atoms with Gasteiger partial charge in [-0.15, -0.1) is 0 Å². The highest BCUT2D eigenvalue weighted by molar-refractivity contribution is 5.96. The molecule has 1 N–H and O–H groups in total. The summed E-state index contributed by atoms with van der Waals surface area (Å²) in [6, 6.07) is -0.216. The lowest BCUT2D eigenvalue weighted by molar-refractivity contribution is 0.0679. The summed E-state index contributed by atoms with van der Waals surface area (Å²) >= 11 is 0. The van der Waals surface area contributed by atoms with Crippen LogP contribution < -0.4 is 0 Å². The summed E-state index contributed by atoms with van der Waals surface area (Å²) < 4.78 is 5.01. The fourth-order valence-corrected chi connectivity index (χ4v) is 1.43. The van der Waals surface area contributed by atoms with Gasteiger partial charge in [-0.25, -0.2) is 0 Å². The van der Waals surface area contributed by atoms with Crippen LogP contribution in [0.2, 0.25) is 0 Å². The minimum absolute atomic E-state index is 0.0615. The molecule has 1 atom stereocenters. The van der Waals surface area contributed by atoms with E-state index < -0.39 is 0 Å². The lowest BCUT2D eigenvalue weighted by Crippen LogP contribution is -2.37. The molecule has 0 fully saturated rings. The van der Waals surface area contributed by atoms with Crippen LogP contribution in [-0.2, 0) is 6.42 Å². The molecule has 5 heteroatoms. The Morgan fingerprint density at radius 2 is 2.25 bits per heavy atom. The molecule has 0 aliphatic carbocycles. The maximum Gasteiger partial charge on any atom is 0.259 e. The molecule has 0 radical (unpaired) electrons. The van der Waals surface area contributed by atoms with E-state index >= 15 is 0 Å². The highest BCUT2D eigenvalue weighted by atomic mass is 16.5. The average molecular weight is 226 g/mol. The van der Waals surface area contributed by atoms with Gasteiger partial charge in [0.25, 0.3) is 5.91 Å². The number of carbonyl (C=O) groups excluding carboxylic acids is 1. The molecule has 0 aromatic carbocycles. The Morgan fingerprint density at radius 1 is 1.62 bits per heavy atom. The first-order valence-electron chi connectivity index (χ1n) is 5.36. The van der Waals surface area contributed by atoms with Crippen molar-refractivity contribution < 1.29 is 14.4 Å². The van der Waals surface area contributed by atoms with Crippen LogP contribution in [0.15, 0.2) is 4.52 Å². The Bertz CT molecular complexity index is 373. The molecular weight excluding hydrogens is 208 g/mol. The van der Waals surface area contributed by atoms with E-state index in [0.717, 1.165) is 0 Å². The third-order valence-corrected chi connectivity index (χ3v) is 2.73. The first-order chi connectivity index (χ1) is 7.52. The number of aliphatic hydroxyl groups excluding tert-OH is 1. The van der Waals surface area contributed by atoms with Crippen molar-refractivity contribution in [2.24, 2.45) is 0 Å². The second kappa shape index (κ2) is 5.12. The van der Waals surface area contributed by atoms with Gasteiger partial charge in [-0.05, 0) is 20.3 Å². The summed E-state index contributed by atoms with van der Waals surface area (Å²) in [5.41, 5.74) is 1.18. The van der Waals surface area contributed by atoms with Gasteiger partial charge in [0.15, 0.2) is 0 Å². The van der Waals surface area contributed by atoms with Crippen molar-refractivity contribution >= 4 is 5.91 Å². The molecule has 1 rings (SSSR count). The average Bonchev–Trinajstić information content (AvgIpc) is 2.67. The van der Waals surface area contributed by atoms with Crippen LogP contribution >= 0.6 is 0 Å². The zero-order chi connectivity index (χ0) is 12.3. The number of hydrogen-bond acceptors (Lipinski definition) is 4. The fourth-order valence-electron chi connectivity index (χ4n) is 1.43. The van der Waals surface area contributed by atoms with Crippen molar-refractivity contribution in [2.75, 3.05) is 13.7 Å². The Morgan fingerprint density at radius 3 is 2.75 bits per heavy atom. The third kappa shape index (κ3) is 2.24. The first kappa shape index (κ1) is 12.7. The monoisotopic (exact) mass is 226 g/mol. The number of hydrogen-bond donors (Lipinski definition) is 1. The van der Waals surface area contributed by atoms with E-state index in [1.54, 1.807) is 20.9 Å². The standard InChI is InChI=1S/C11H18N2O3/c1-5-9-10(8(3)16-12-9)11(15)13(4)7(2)6-14/h7,14H,5-6H2,1-4H3. The lowest BCUT2D eigenvalue weighted by Gasteiger charge is -2.22. The van der Waals surface area contributed by atoms with Gasteiger partial charge in [0.2, 0.25) is 0 Å². The van der Waals surface area contributed by atoms with E-state index in [1.165, 1.54) is 4.90 Å². The molecule has 1 unspecified atom stereocenters. The predicted molar refractivity (Wildman–Crippen MR) is 59.3 cm³/mol. The number of nitrogens with zero attached hydrogens (tertiary/aromatic N) is 2. The van der Waals surface area contributed by atoms with Gasteiger partial charge in [0, 0.05) is 7.05 Å². The Kier molecular flexibility index (Phi) is 4.06. The predicted octanol–water partition coefficient (Wildman–Crippen LogP) is 0.998. The number of amides is 1. The summed E-state index contributed by atoms with van der Waals surface area (Å²) in [7, 11) is 1.66. The number of aryl methyl sites for hydroxylation is 2. The fraction of sp³-hybridized carbons (Fsp3) is 0.636. The van der Waals surface area contributed by atoms with E-state index in [0.29, 0.717) is 23.4 Å². The molecule has 0 aliphatic heterocycles. The van der Waals surface area contributed by atoms with Crippen LogP contribution in [0.25, 0.3) is 0 Å². The third-order valence-electron chi connectivity index (χ3n) is 2.73. The van der Waals surface area contributed by atoms with Crippen LogP contribution in [-0.4, -0.2) is 40.8 Å². The maximum absolute atomic E-state index is 12.1. The van der Waals surface area contributed by atoms with Crippen LogP contribution in [0, 0.1) is 6.92 Å². The molecule has 0 bridgehead atoms. The van der Waals surface area contributed by atoms with Gasteiger partial charge < -0.3 is 14.5 Å². The van der Waals surface area contributed by atoms with Gasteiger partial charge >= 0.3 is 0 Å². The molecule has 0 spiro atoms. The summed E-state index contributed by atoms with van der Waals surface area (Å²) in [4.78, 5) is 13.6. The number of likely N-dealkylation sites (N-methyl/N-ethyl adjacent to an activating group) is 1. The second-order valence-electron chi connectivity index (χ2n) is 3.86. The number of aromatic nitrogens is 1. The van der Waals surface area contributed by atoms with Crippen molar-refractivity contribution in [3.8, 4) is 0 Å². The number of rotatable bonds is 4. The van der Waals surface area contributed by atoms with Gasteiger partial charge in [0.05, 0.1) is 18.3 Å². The molecule has 0 saturated heterocycles. The van der Waals surface area contributed by atoms with E-state index in [-0.39, 0.29) is 18.6 Å². The summed E-state index contributed by atoms with van der Waals surface area (Å²) in [5.74, 6) is 0.371. The zero-order valence-corrected chi connectivity index (χ0v) is 10.1. The topological polar surface area (TPSA) is 66.6 Å². The van der Waals surface area contributed by atoms with Gasteiger partial charge in [0.1, 0.15) is 11.3 Å². The summed E-state index contributed by atoms with van der Waals surface area (Å²) in [5, 5.41) is 12.9. The summed E-state index contributed by atoms with van der Waals surface area (Å²) in [6.45, 7) is 5.36. The number of carbonyl (C=O) groups is 1. The van der Waals surface area contributed by atoms with Gasteiger partial charge in [-0.1, -0.05) is 12.1 Å². The molecule has 16 heavy (non-hydrogen) atoms. The van der Waals surface area contributed by atoms with Crippen molar-refractivity contribution in [1.29, 1.82) is 0 Å². The van der Waals surface area contributed by atoms with E-state index in [4.69, 9.17) is 9.63 Å². The minimum Gasteiger partial charge on any atom is -0.394 e. The highest BCUT2D eigenvalue weighted by Gasteiger charge is 2.24. The van der Waals surface area contributed by atoms with Crippen molar-refractivity contribution in [2.45, 2.75) is 33.2 Å². The highest BCUT2D eigenvalue weighted by Crippen LogP contribution is 2.16. The molecule has 1 aromatic heterocycles. The molecular formula is C11H18N2O3. The van der Waals surface area contributed by atoms with E-state index in [2.05, 4.69) is 5.16 Å². The molecule has 90 valence electrons. The number of aliphatic hydroxyl groups is 1. The molecule has 0 aliphatic rings. The van der Waals surface area contributed by atoms with Crippen LogP contribution in [0.4, 0.5) is 0 Å². The smallest absolute Gasteiger partial charge is 0.259 e. The second-order valence-corrected chi connectivity index (χ2v) is 3.86. The van der Waals surface area contributed by atoms with Crippen molar-refractivity contribution in [1.82, 2.24) is 10.1 Å². The Balaban J connectivity index is 2.99. The molecule has 1 amide bonds. The van der Waals surface area contributed by atoms with E-state index in [1.807, 2.05) is 6.92 Å². The summed E-state index contributed by atoms with van der Waals surface area (Å²) in [6.07, 6.45) is 0.653. The zero-order valence-electron chi connectivity index (χ0n) is 10.1. The van der Waals surface area contributed by atoms with Crippen LogP contribution in [0.5, 0.6) is 0 Å². The lowest BCUT2D eigenvalue weighted by atomic mass is 10.1.